The minimum atomic E-state index is 0.629. The van der Waals surface area contributed by atoms with Crippen molar-refractivity contribution in [1.29, 1.82) is 0 Å². The number of benzene rings is 1. The van der Waals surface area contributed by atoms with Crippen LogP contribution in [0.1, 0.15) is 26.2 Å². The van der Waals surface area contributed by atoms with Gasteiger partial charge in [-0.3, -0.25) is 10.9 Å². The molecule has 2 unspecified atom stereocenters. The SMILES string of the molecule is CCC1CNNC1C1CCN(c2ccc3cc(Cl)ccc3n2)CC1. The summed E-state index contributed by atoms with van der Waals surface area (Å²) >= 11 is 6.06. The highest BCUT2D eigenvalue weighted by molar-refractivity contribution is 6.31. The van der Waals surface area contributed by atoms with E-state index in [1.54, 1.807) is 0 Å². The number of aromatic nitrogens is 1. The standard InChI is InChI=1S/C19H25ClN4/c1-2-13-12-21-23-19(13)14-7-9-24(10-8-14)18-6-3-15-11-16(20)4-5-17(15)22-18/h3-6,11,13-14,19,21,23H,2,7-10,12H2,1H3. The normalized spacial score (nSPS) is 25.5. The summed E-state index contributed by atoms with van der Waals surface area (Å²) in [7, 11) is 0. The van der Waals surface area contributed by atoms with Gasteiger partial charge in [-0.2, -0.15) is 0 Å². The third-order valence-corrected chi connectivity index (χ3v) is 5.91. The van der Waals surface area contributed by atoms with E-state index in [-0.39, 0.29) is 0 Å². The molecule has 3 heterocycles. The van der Waals surface area contributed by atoms with Crippen LogP contribution in [-0.2, 0) is 0 Å². The fourth-order valence-corrected chi connectivity index (χ4v) is 4.38. The zero-order valence-corrected chi connectivity index (χ0v) is 14.9. The fourth-order valence-electron chi connectivity index (χ4n) is 4.20. The van der Waals surface area contributed by atoms with Crippen LogP contribution in [0.25, 0.3) is 10.9 Å². The molecule has 2 saturated heterocycles. The van der Waals surface area contributed by atoms with Gasteiger partial charge in [-0.1, -0.05) is 24.9 Å². The Hall–Kier alpha value is -1.36. The van der Waals surface area contributed by atoms with E-state index in [0.717, 1.165) is 53.2 Å². The third kappa shape index (κ3) is 3.10. The highest BCUT2D eigenvalue weighted by atomic mass is 35.5. The third-order valence-electron chi connectivity index (χ3n) is 5.67. The van der Waals surface area contributed by atoms with Crippen molar-refractivity contribution in [3.8, 4) is 0 Å². The fraction of sp³-hybridized carbons (Fsp3) is 0.526. The number of pyridine rings is 1. The molecular formula is C19H25ClN4. The van der Waals surface area contributed by atoms with Crippen LogP contribution in [-0.4, -0.2) is 30.7 Å². The molecular weight excluding hydrogens is 320 g/mol. The Balaban J connectivity index is 1.45. The molecule has 4 nitrogen and oxygen atoms in total. The first kappa shape index (κ1) is 16.1. The summed E-state index contributed by atoms with van der Waals surface area (Å²) in [4.78, 5) is 7.26. The Morgan fingerprint density at radius 1 is 1.21 bits per heavy atom. The van der Waals surface area contributed by atoms with E-state index in [9.17, 15) is 0 Å². The number of hydrogen-bond donors (Lipinski definition) is 2. The molecule has 4 rings (SSSR count). The lowest BCUT2D eigenvalue weighted by Crippen LogP contribution is -2.44. The van der Waals surface area contributed by atoms with Crippen molar-refractivity contribution in [2.75, 3.05) is 24.5 Å². The van der Waals surface area contributed by atoms with Crippen molar-refractivity contribution in [2.24, 2.45) is 11.8 Å². The van der Waals surface area contributed by atoms with Gasteiger partial charge in [0.05, 0.1) is 5.52 Å². The average Bonchev–Trinajstić information content (AvgIpc) is 3.10. The Kier molecular flexibility index (Phi) is 4.61. The molecule has 0 saturated carbocycles. The van der Waals surface area contributed by atoms with Crippen molar-refractivity contribution in [1.82, 2.24) is 15.8 Å². The number of rotatable bonds is 3. The highest BCUT2D eigenvalue weighted by Gasteiger charge is 2.34. The van der Waals surface area contributed by atoms with Crippen LogP contribution in [0.5, 0.6) is 0 Å². The van der Waals surface area contributed by atoms with Crippen molar-refractivity contribution in [2.45, 2.75) is 32.2 Å². The first-order valence-corrected chi connectivity index (χ1v) is 9.42. The number of piperidine rings is 1. The lowest BCUT2D eigenvalue weighted by Gasteiger charge is -2.37. The first-order valence-electron chi connectivity index (χ1n) is 9.04. The van der Waals surface area contributed by atoms with Crippen molar-refractivity contribution >= 4 is 28.3 Å². The monoisotopic (exact) mass is 344 g/mol. The Bertz CT molecular complexity index is 712. The summed E-state index contributed by atoms with van der Waals surface area (Å²) < 4.78 is 0. The van der Waals surface area contributed by atoms with Crippen molar-refractivity contribution in [3.05, 3.63) is 35.4 Å². The van der Waals surface area contributed by atoms with Gasteiger partial charge in [0, 0.05) is 36.1 Å². The second kappa shape index (κ2) is 6.87. The van der Waals surface area contributed by atoms with E-state index in [1.165, 1.54) is 19.3 Å². The van der Waals surface area contributed by atoms with Crippen LogP contribution in [0.3, 0.4) is 0 Å². The van der Waals surface area contributed by atoms with Gasteiger partial charge in [0.15, 0.2) is 0 Å². The molecule has 0 amide bonds. The van der Waals surface area contributed by atoms with Crippen LogP contribution in [0.15, 0.2) is 30.3 Å². The van der Waals surface area contributed by atoms with Crippen LogP contribution >= 0.6 is 11.6 Å². The summed E-state index contributed by atoms with van der Waals surface area (Å²) in [6.07, 6.45) is 3.71. The van der Waals surface area contributed by atoms with Crippen molar-refractivity contribution in [3.63, 3.8) is 0 Å². The maximum atomic E-state index is 6.06. The molecule has 2 aliphatic rings. The molecule has 2 aliphatic heterocycles. The van der Waals surface area contributed by atoms with Gasteiger partial charge in [-0.25, -0.2) is 4.98 Å². The molecule has 1 aromatic heterocycles. The largest absolute Gasteiger partial charge is 0.357 e. The first-order chi connectivity index (χ1) is 11.7. The van der Waals surface area contributed by atoms with Gasteiger partial charge < -0.3 is 4.90 Å². The molecule has 2 N–H and O–H groups in total. The Labute approximate surface area is 148 Å². The maximum absolute atomic E-state index is 6.06. The molecule has 128 valence electrons. The predicted molar refractivity (Wildman–Crippen MR) is 100 cm³/mol. The number of fused-ring (bicyclic) bond motifs is 1. The predicted octanol–water partition coefficient (Wildman–Crippen LogP) is 3.61. The lowest BCUT2D eigenvalue weighted by molar-refractivity contribution is 0.265. The topological polar surface area (TPSA) is 40.2 Å². The molecule has 1 aromatic carbocycles. The summed E-state index contributed by atoms with van der Waals surface area (Å²) in [5.74, 6) is 2.62. The Morgan fingerprint density at radius 3 is 2.83 bits per heavy atom. The molecule has 2 atom stereocenters. The van der Waals surface area contributed by atoms with Gasteiger partial charge in [-0.15, -0.1) is 0 Å². The van der Waals surface area contributed by atoms with Crippen LogP contribution in [0, 0.1) is 11.8 Å². The maximum Gasteiger partial charge on any atom is 0.129 e. The number of anilines is 1. The van der Waals surface area contributed by atoms with E-state index in [1.807, 2.05) is 18.2 Å². The summed E-state index contributed by atoms with van der Waals surface area (Å²) in [5, 5.41) is 1.87. The highest BCUT2D eigenvalue weighted by Crippen LogP contribution is 2.30. The molecule has 24 heavy (non-hydrogen) atoms. The van der Waals surface area contributed by atoms with Gasteiger partial charge in [0.2, 0.25) is 0 Å². The van der Waals surface area contributed by atoms with Crippen LogP contribution < -0.4 is 15.8 Å². The lowest BCUT2D eigenvalue weighted by atomic mass is 9.82. The van der Waals surface area contributed by atoms with E-state index in [2.05, 4.69) is 34.8 Å². The van der Waals surface area contributed by atoms with Crippen LogP contribution in [0.2, 0.25) is 5.02 Å². The average molecular weight is 345 g/mol. The second-order valence-corrected chi connectivity index (χ2v) is 7.49. The zero-order valence-electron chi connectivity index (χ0n) is 14.1. The van der Waals surface area contributed by atoms with E-state index in [4.69, 9.17) is 16.6 Å². The van der Waals surface area contributed by atoms with Gasteiger partial charge in [0.25, 0.3) is 0 Å². The van der Waals surface area contributed by atoms with Gasteiger partial charge in [0.1, 0.15) is 5.82 Å². The quantitative estimate of drug-likeness (QED) is 0.892. The minimum Gasteiger partial charge on any atom is -0.357 e. The molecule has 5 heteroatoms. The number of halogens is 1. The molecule has 0 aliphatic carbocycles. The molecule has 0 radical (unpaired) electrons. The Morgan fingerprint density at radius 2 is 2.04 bits per heavy atom. The van der Waals surface area contributed by atoms with E-state index in [0.29, 0.717) is 6.04 Å². The number of hydrogen-bond acceptors (Lipinski definition) is 4. The van der Waals surface area contributed by atoms with Crippen molar-refractivity contribution < 1.29 is 0 Å². The molecule has 0 spiro atoms. The number of hydrazine groups is 1. The van der Waals surface area contributed by atoms with E-state index >= 15 is 0 Å². The summed E-state index contributed by atoms with van der Waals surface area (Å²) in [5.41, 5.74) is 7.89. The smallest absolute Gasteiger partial charge is 0.129 e. The molecule has 0 bridgehead atoms. The summed E-state index contributed by atoms with van der Waals surface area (Å²) in [6.45, 7) is 5.58. The van der Waals surface area contributed by atoms with E-state index < -0.39 is 0 Å². The van der Waals surface area contributed by atoms with Crippen LogP contribution in [0.4, 0.5) is 5.82 Å². The summed E-state index contributed by atoms with van der Waals surface area (Å²) in [6, 6.07) is 10.8. The minimum absolute atomic E-state index is 0.629. The zero-order chi connectivity index (χ0) is 16.5. The van der Waals surface area contributed by atoms with Gasteiger partial charge >= 0.3 is 0 Å². The molecule has 2 aromatic rings. The molecule has 2 fully saturated rings. The second-order valence-electron chi connectivity index (χ2n) is 7.05. The number of nitrogens with zero attached hydrogens (tertiary/aromatic N) is 2. The number of nitrogens with one attached hydrogen (secondary N) is 2. The van der Waals surface area contributed by atoms with Gasteiger partial charge in [-0.05, 0) is 55.0 Å².